The van der Waals surface area contributed by atoms with Crippen LogP contribution in [0.2, 0.25) is 0 Å². The van der Waals surface area contributed by atoms with E-state index in [4.69, 9.17) is 9.47 Å². The normalized spacial score (nSPS) is 11.0. The van der Waals surface area contributed by atoms with Crippen LogP contribution in [0.25, 0.3) is 0 Å². The number of ketones is 1. The van der Waals surface area contributed by atoms with Crippen molar-refractivity contribution in [2.75, 3.05) is 47.1 Å². The molecule has 0 atom stereocenters. The molecule has 0 radical (unpaired) electrons. The Bertz CT molecular complexity index is 426. The summed E-state index contributed by atoms with van der Waals surface area (Å²) < 4.78 is 11.1. The summed E-state index contributed by atoms with van der Waals surface area (Å²) in [5.41, 5.74) is 0.751. The third-order valence-corrected chi connectivity index (χ3v) is 3.96. The van der Waals surface area contributed by atoms with Crippen molar-refractivity contribution in [3.8, 4) is 0 Å². The number of Topliss-reactive ketones (excluding diaryl/α,β-unsaturated/α-hetero) is 1. The number of carbonyl (C=O) groups is 1. The van der Waals surface area contributed by atoms with Crippen molar-refractivity contribution in [1.29, 1.82) is 0 Å². The molecular weight excluding hydrogens is 334 g/mol. The molecule has 1 aromatic rings. The molecule has 0 aromatic heterocycles. The van der Waals surface area contributed by atoms with Gasteiger partial charge in [0.15, 0.2) is 5.78 Å². The van der Waals surface area contributed by atoms with E-state index in [1.54, 1.807) is 14.2 Å². The van der Waals surface area contributed by atoms with Gasteiger partial charge >= 0.3 is 0 Å². The molecule has 0 unspecified atom stereocenters. The molecular formula is C16H24BrNO3. The van der Waals surface area contributed by atoms with Crippen LogP contribution in [-0.4, -0.2) is 57.8 Å². The third kappa shape index (κ3) is 7.18. The second-order valence-corrected chi connectivity index (χ2v) is 5.69. The maximum atomic E-state index is 12.3. The minimum absolute atomic E-state index is 0.164. The van der Waals surface area contributed by atoms with Gasteiger partial charge in [-0.3, -0.25) is 4.79 Å². The monoisotopic (exact) mass is 357 g/mol. The molecule has 4 nitrogen and oxygen atoms in total. The first-order chi connectivity index (χ1) is 10.2. The van der Waals surface area contributed by atoms with Crippen molar-refractivity contribution in [3.05, 3.63) is 34.3 Å². The minimum atomic E-state index is 0.164. The predicted molar refractivity (Wildman–Crippen MR) is 87.9 cm³/mol. The van der Waals surface area contributed by atoms with Gasteiger partial charge in [-0.1, -0.05) is 34.1 Å². The number of carbonyl (C=O) groups excluding carboxylic acids is 1. The van der Waals surface area contributed by atoms with E-state index in [1.807, 2.05) is 24.3 Å². The van der Waals surface area contributed by atoms with Gasteiger partial charge in [0, 0.05) is 56.9 Å². The number of ether oxygens (including phenoxy) is 2. The number of halogens is 1. The number of hydrogen-bond donors (Lipinski definition) is 0. The summed E-state index contributed by atoms with van der Waals surface area (Å²) in [6, 6.07) is 7.56. The molecule has 0 saturated heterocycles. The van der Waals surface area contributed by atoms with E-state index in [2.05, 4.69) is 20.8 Å². The lowest BCUT2D eigenvalue weighted by Crippen LogP contribution is -2.31. The highest BCUT2D eigenvalue weighted by molar-refractivity contribution is 9.10. The van der Waals surface area contributed by atoms with E-state index in [9.17, 15) is 4.79 Å². The summed E-state index contributed by atoms with van der Waals surface area (Å²) in [7, 11) is 3.40. The average molecular weight is 358 g/mol. The molecule has 5 heteroatoms. The predicted octanol–water partition coefficient (Wildman–Crippen LogP) is 3.01. The topological polar surface area (TPSA) is 38.8 Å². The van der Waals surface area contributed by atoms with Gasteiger partial charge in [0.25, 0.3) is 0 Å². The van der Waals surface area contributed by atoms with Gasteiger partial charge in [-0.2, -0.15) is 0 Å². The van der Waals surface area contributed by atoms with Gasteiger partial charge in [0.1, 0.15) is 0 Å². The Morgan fingerprint density at radius 3 is 2.48 bits per heavy atom. The van der Waals surface area contributed by atoms with Gasteiger partial charge in [0.2, 0.25) is 0 Å². The average Bonchev–Trinajstić information content (AvgIpc) is 2.49. The molecule has 0 amide bonds. The van der Waals surface area contributed by atoms with Crippen LogP contribution in [0, 0.1) is 0 Å². The van der Waals surface area contributed by atoms with E-state index in [0.717, 1.165) is 42.7 Å². The highest BCUT2D eigenvalue weighted by Gasteiger charge is 2.12. The first-order valence-corrected chi connectivity index (χ1v) is 7.96. The SMILES string of the molecule is COCCCN(CCOC)CCC(=O)c1ccccc1Br. The zero-order valence-electron chi connectivity index (χ0n) is 12.8. The molecule has 0 aliphatic carbocycles. The fourth-order valence-electron chi connectivity index (χ4n) is 2.07. The van der Waals surface area contributed by atoms with Crippen LogP contribution in [0.15, 0.2) is 28.7 Å². The van der Waals surface area contributed by atoms with Crippen molar-refractivity contribution >= 4 is 21.7 Å². The largest absolute Gasteiger partial charge is 0.385 e. The van der Waals surface area contributed by atoms with E-state index in [1.165, 1.54) is 0 Å². The number of rotatable bonds is 11. The molecule has 21 heavy (non-hydrogen) atoms. The summed E-state index contributed by atoms with van der Waals surface area (Å²) in [4.78, 5) is 14.5. The number of hydrogen-bond acceptors (Lipinski definition) is 4. The van der Waals surface area contributed by atoms with E-state index in [-0.39, 0.29) is 5.78 Å². The van der Waals surface area contributed by atoms with Crippen LogP contribution >= 0.6 is 15.9 Å². The molecule has 1 rings (SSSR count). The Balaban J connectivity index is 2.47. The fourth-order valence-corrected chi connectivity index (χ4v) is 2.58. The minimum Gasteiger partial charge on any atom is -0.385 e. The van der Waals surface area contributed by atoms with Crippen molar-refractivity contribution in [2.24, 2.45) is 0 Å². The van der Waals surface area contributed by atoms with E-state index < -0.39 is 0 Å². The number of benzene rings is 1. The van der Waals surface area contributed by atoms with Crippen LogP contribution < -0.4 is 0 Å². The molecule has 1 aromatic carbocycles. The Hall–Kier alpha value is -0.750. The van der Waals surface area contributed by atoms with Gasteiger partial charge < -0.3 is 14.4 Å². The molecule has 0 fully saturated rings. The summed E-state index contributed by atoms with van der Waals surface area (Å²) in [5.74, 6) is 0.164. The smallest absolute Gasteiger partial charge is 0.165 e. The van der Waals surface area contributed by atoms with Crippen LogP contribution in [-0.2, 0) is 9.47 Å². The number of nitrogens with zero attached hydrogens (tertiary/aromatic N) is 1. The van der Waals surface area contributed by atoms with Gasteiger partial charge in [-0.15, -0.1) is 0 Å². The fraction of sp³-hybridized carbons (Fsp3) is 0.562. The number of methoxy groups -OCH3 is 2. The zero-order valence-corrected chi connectivity index (χ0v) is 14.4. The standard InChI is InChI=1S/C16H24BrNO3/c1-20-12-5-9-18(11-13-21-2)10-8-16(19)14-6-3-4-7-15(14)17/h3-4,6-7H,5,8-13H2,1-2H3. The molecule has 0 N–H and O–H groups in total. The zero-order chi connectivity index (χ0) is 15.5. The Labute approximate surface area is 135 Å². The van der Waals surface area contributed by atoms with Crippen LogP contribution in [0.1, 0.15) is 23.2 Å². The highest BCUT2D eigenvalue weighted by atomic mass is 79.9. The molecule has 0 aliphatic rings. The van der Waals surface area contributed by atoms with Crippen molar-refractivity contribution < 1.29 is 14.3 Å². The third-order valence-electron chi connectivity index (χ3n) is 3.26. The molecule has 0 bridgehead atoms. The second kappa shape index (κ2) is 10.9. The molecule has 118 valence electrons. The lowest BCUT2D eigenvalue weighted by Gasteiger charge is -2.21. The Kier molecular flexibility index (Phi) is 9.50. The lowest BCUT2D eigenvalue weighted by atomic mass is 10.1. The van der Waals surface area contributed by atoms with Gasteiger partial charge in [-0.05, 0) is 12.5 Å². The summed E-state index contributed by atoms with van der Waals surface area (Å²) in [5, 5.41) is 0. The molecule has 0 spiro atoms. The van der Waals surface area contributed by atoms with Crippen LogP contribution in [0.5, 0.6) is 0 Å². The Morgan fingerprint density at radius 1 is 1.10 bits per heavy atom. The maximum Gasteiger partial charge on any atom is 0.165 e. The van der Waals surface area contributed by atoms with Crippen molar-refractivity contribution in [2.45, 2.75) is 12.8 Å². The second-order valence-electron chi connectivity index (χ2n) is 4.83. The van der Waals surface area contributed by atoms with Crippen molar-refractivity contribution in [3.63, 3.8) is 0 Å². The maximum absolute atomic E-state index is 12.3. The molecule has 0 heterocycles. The van der Waals surface area contributed by atoms with Crippen LogP contribution in [0.4, 0.5) is 0 Å². The lowest BCUT2D eigenvalue weighted by molar-refractivity contribution is 0.0940. The van der Waals surface area contributed by atoms with E-state index in [0.29, 0.717) is 13.0 Å². The molecule has 0 aliphatic heterocycles. The summed E-state index contributed by atoms with van der Waals surface area (Å²) >= 11 is 3.43. The van der Waals surface area contributed by atoms with Gasteiger partial charge in [0.05, 0.1) is 6.61 Å². The molecule has 0 saturated carbocycles. The van der Waals surface area contributed by atoms with Crippen molar-refractivity contribution in [1.82, 2.24) is 4.90 Å². The quantitative estimate of drug-likeness (QED) is 0.450. The summed E-state index contributed by atoms with van der Waals surface area (Å²) in [6.07, 6.45) is 1.47. The van der Waals surface area contributed by atoms with Gasteiger partial charge in [-0.25, -0.2) is 0 Å². The highest BCUT2D eigenvalue weighted by Crippen LogP contribution is 2.17. The van der Waals surface area contributed by atoms with E-state index >= 15 is 0 Å². The first-order valence-electron chi connectivity index (χ1n) is 7.17. The Morgan fingerprint density at radius 2 is 1.81 bits per heavy atom. The van der Waals surface area contributed by atoms with Crippen LogP contribution in [0.3, 0.4) is 0 Å². The summed E-state index contributed by atoms with van der Waals surface area (Å²) in [6.45, 7) is 3.91. The first kappa shape index (κ1) is 18.3.